The van der Waals surface area contributed by atoms with E-state index in [0.29, 0.717) is 44.6 Å². The van der Waals surface area contributed by atoms with Crippen molar-refractivity contribution < 1.29 is 18.8 Å². The number of rotatable bonds is 7. The van der Waals surface area contributed by atoms with Gasteiger partial charge < -0.3 is 20.0 Å². The van der Waals surface area contributed by atoms with Crippen LogP contribution in [0.15, 0.2) is 54.6 Å². The summed E-state index contributed by atoms with van der Waals surface area (Å²) in [4.78, 5) is 46.0. The molecule has 0 saturated carbocycles. The molecule has 198 valence electrons. The molecule has 2 heterocycles. The van der Waals surface area contributed by atoms with Crippen molar-refractivity contribution in [3.8, 4) is 0 Å². The predicted octanol–water partition coefficient (Wildman–Crippen LogP) is 2.96. The van der Waals surface area contributed by atoms with Crippen LogP contribution in [0.5, 0.6) is 0 Å². The summed E-state index contributed by atoms with van der Waals surface area (Å²) in [7, 11) is 0. The van der Waals surface area contributed by atoms with Gasteiger partial charge in [0.1, 0.15) is 11.9 Å². The molecule has 0 bridgehead atoms. The van der Waals surface area contributed by atoms with Crippen molar-refractivity contribution in [1.82, 2.24) is 20.0 Å². The molecule has 8 heteroatoms. The van der Waals surface area contributed by atoms with E-state index in [1.54, 1.807) is 4.90 Å². The van der Waals surface area contributed by atoms with Crippen molar-refractivity contribution >= 4 is 17.7 Å². The summed E-state index contributed by atoms with van der Waals surface area (Å²) in [6.07, 6.45) is 1.93. The number of amides is 3. The first-order valence-corrected chi connectivity index (χ1v) is 13.3. The summed E-state index contributed by atoms with van der Waals surface area (Å²) in [5.41, 5.74) is 1.47. The first kappa shape index (κ1) is 26.8. The number of nitrogens with zero attached hydrogens (tertiary/aromatic N) is 3. The molecule has 2 aromatic carbocycles. The quantitative estimate of drug-likeness (QED) is 0.624. The second-order valence-corrected chi connectivity index (χ2v) is 10.2. The molecule has 7 nitrogen and oxygen atoms in total. The number of carbonyl (C=O) groups is 3. The van der Waals surface area contributed by atoms with Gasteiger partial charge >= 0.3 is 0 Å². The number of nitrogens with one attached hydrogen (secondary N) is 1. The zero-order chi connectivity index (χ0) is 26.4. The third-order valence-corrected chi connectivity index (χ3v) is 7.27. The highest BCUT2D eigenvalue weighted by Crippen LogP contribution is 2.28. The molecule has 2 aromatic rings. The van der Waals surface area contributed by atoms with Crippen LogP contribution in [0.1, 0.15) is 42.6 Å². The van der Waals surface area contributed by atoms with Crippen molar-refractivity contribution in [2.75, 3.05) is 39.3 Å². The Labute approximate surface area is 218 Å². The van der Waals surface area contributed by atoms with Gasteiger partial charge in [-0.25, -0.2) is 4.39 Å². The molecular weight excluding hydrogens is 471 g/mol. The molecule has 2 aliphatic heterocycles. The Morgan fingerprint density at radius 3 is 2.46 bits per heavy atom. The molecule has 4 rings (SSSR count). The van der Waals surface area contributed by atoms with E-state index >= 15 is 0 Å². The molecule has 0 radical (unpaired) electrons. The molecule has 2 atom stereocenters. The molecule has 37 heavy (non-hydrogen) atoms. The average Bonchev–Trinajstić information content (AvgIpc) is 3.15. The molecule has 0 spiro atoms. The van der Waals surface area contributed by atoms with Gasteiger partial charge in [0.2, 0.25) is 11.8 Å². The summed E-state index contributed by atoms with van der Waals surface area (Å²) >= 11 is 0. The van der Waals surface area contributed by atoms with E-state index in [2.05, 4.69) is 5.32 Å². The van der Waals surface area contributed by atoms with Gasteiger partial charge in [-0.15, -0.1) is 0 Å². The lowest BCUT2D eigenvalue weighted by Crippen LogP contribution is -2.48. The first-order valence-electron chi connectivity index (χ1n) is 13.3. The van der Waals surface area contributed by atoms with Gasteiger partial charge in [0.05, 0.1) is 6.04 Å². The van der Waals surface area contributed by atoms with Crippen LogP contribution in [-0.2, 0) is 16.0 Å². The van der Waals surface area contributed by atoms with Crippen LogP contribution in [0.2, 0.25) is 0 Å². The number of hydrogen-bond acceptors (Lipinski definition) is 4. The largest absolute Gasteiger partial charge is 0.340 e. The van der Waals surface area contributed by atoms with Gasteiger partial charge in [-0.1, -0.05) is 44.2 Å². The Kier molecular flexibility index (Phi) is 8.92. The van der Waals surface area contributed by atoms with Crippen molar-refractivity contribution in [1.29, 1.82) is 0 Å². The SMILES string of the molecule is CC(C)C(=O)N(CCc1ccccc1)C1CC(C(=O)N2CCCNCC2)N(C(=O)c2ccc(F)cc2)C1. The van der Waals surface area contributed by atoms with Gasteiger partial charge in [0, 0.05) is 44.2 Å². The molecule has 3 amide bonds. The second-order valence-electron chi connectivity index (χ2n) is 10.2. The van der Waals surface area contributed by atoms with Crippen LogP contribution >= 0.6 is 0 Å². The zero-order valence-electron chi connectivity index (χ0n) is 21.7. The summed E-state index contributed by atoms with van der Waals surface area (Å²) in [5, 5.41) is 3.31. The summed E-state index contributed by atoms with van der Waals surface area (Å²) in [6, 6.07) is 14.5. The normalized spacial score (nSPS) is 20.1. The number of halogens is 1. The van der Waals surface area contributed by atoms with Crippen molar-refractivity contribution in [2.24, 2.45) is 5.92 Å². The third-order valence-electron chi connectivity index (χ3n) is 7.27. The highest BCUT2D eigenvalue weighted by molar-refractivity contribution is 5.98. The zero-order valence-corrected chi connectivity index (χ0v) is 21.7. The smallest absolute Gasteiger partial charge is 0.254 e. The van der Waals surface area contributed by atoms with Gasteiger partial charge in [-0.05, 0) is 55.6 Å². The Morgan fingerprint density at radius 2 is 1.76 bits per heavy atom. The lowest BCUT2D eigenvalue weighted by molar-refractivity contribution is -0.137. The number of hydrogen-bond donors (Lipinski definition) is 1. The van der Waals surface area contributed by atoms with Crippen LogP contribution < -0.4 is 5.32 Å². The lowest BCUT2D eigenvalue weighted by Gasteiger charge is -2.31. The lowest BCUT2D eigenvalue weighted by atomic mass is 10.0. The number of carbonyl (C=O) groups excluding carboxylic acids is 3. The van der Waals surface area contributed by atoms with E-state index in [0.717, 1.165) is 18.5 Å². The van der Waals surface area contributed by atoms with Crippen molar-refractivity contribution in [3.05, 3.63) is 71.5 Å². The maximum atomic E-state index is 13.7. The summed E-state index contributed by atoms with van der Waals surface area (Å²) < 4.78 is 13.5. The summed E-state index contributed by atoms with van der Waals surface area (Å²) in [6.45, 7) is 7.32. The Bertz CT molecular complexity index is 1070. The van der Waals surface area contributed by atoms with Crippen molar-refractivity contribution in [3.63, 3.8) is 0 Å². The van der Waals surface area contributed by atoms with Crippen LogP contribution in [-0.4, -0.2) is 83.8 Å². The highest BCUT2D eigenvalue weighted by Gasteiger charge is 2.44. The van der Waals surface area contributed by atoms with E-state index in [1.165, 1.54) is 24.3 Å². The maximum absolute atomic E-state index is 13.7. The van der Waals surface area contributed by atoms with E-state index in [9.17, 15) is 18.8 Å². The van der Waals surface area contributed by atoms with E-state index in [4.69, 9.17) is 0 Å². The Balaban J connectivity index is 1.60. The van der Waals surface area contributed by atoms with Gasteiger partial charge in [0.25, 0.3) is 5.91 Å². The molecule has 1 N–H and O–H groups in total. The molecule has 0 aromatic heterocycles. The number of likely N-dealkylation sites (tertiary alicyclic amines) is 1. The third kappa shape index (κ3) is 6.55. The van der Waals surface area contributed by atoms with Crippen LogP contribution in [0.4, 0.5) is 4.39 Å². The first-order chi connectivity index (χ1) is 17.8. The monoisotopic (exact) mass is 508 g/mol. The minimum Gasteiger partial charge on any atom is -0.340 e. The highest BCUT2D eigenvalue weighted by atomic mass is 19.1. The van der Waals surface area contributed by atoms with Gasteiger partial charge in [0.15, 0.2) is 0 Å². The van der Waals surface area contributed by atoms with Crippen LogP contribution in [0, 0.1) is 11.7 Å². The molecular formula is C29H37FN4O3. The number of benzene rings is 2. The minimum absolute atomic E-state index is 0.0159. The molecule has 0 aliphatic carbocycles. The predicted molar refractivity (Wildman–Crippen MR) is 140 cm³/mol. The fraction of sp³-hybridized carbons (Fsp3) is 0.483. The fourth-order valence-electron chi connectivity index (χ4n) is 5.23. The molecule has 2 aliphatic rings. The van der Waals surface area contributed by atoms with E-state index in [1.807, 2.05) is 54.0 Å². The van der Waals surface area contributed by atoms with Gasteiger partial charge in [-0.2, -0.15) is 0 Å². The van der Waals surface area contributed by atoms with E-state index in [-0.39, 0.29) is 36.2 Å². The molecule has 2 saturated heterocycles. The average molecular weight is 509 g/mol. The van der Waals surface area contributed by atoms with Gasteiger partial charge in [-0.3, -0.25) is 14.4 Å². The van der Waals surface area contributed by atoms with Crippen LogP contribution in [0.25, 0.3) is 0 Å². The Hall–Kier alpha value is -3.26. The van der Waals surface area contributed by atoms with E-state index < -0.39 is 11.9 Å². The summed E-state index contributed by atoms with van der Waals surface area (Å²) in [5.74, 6) is -1.00. The molecule has 2 fully saturated rings. The Morgan fingerprint density at radius 1 is 1.03 bits per heavy atom. The van der Waals surface area contributed by atoms with Crippen LogP contribution in [0.3, 0.4) is 0 Å². The topological polar surface area (TPSA) is 73.0 Å². The fourth-order valence-corrected chi connectivity index (χ4v) is 5.23. The maximum Gasteiger partial charge on any atom is 0.254 e. The standard InChI is InChI=1S/C29H37FN4O3/c1-21(2)27(35)33(17-13-22-7-4-3-5-8-22)25-19-26(29(37)32-16-6-14-31-15-18-32)34(20-25)28(36)23-9-11-24(30)12-10-23/h3-5,7-12,21,25-26,31H,6,13-20H2,1-2H3. The second kappa shape index (κ2) is 12.3. The van der Waals surface area contributed by atoms with Crippen molar-refractivity contribution in [2.45, 2.75) is 45.2 Å². The minimum atomic E-state index is -0.667. The molecule has 2 unspecified atom stereocenters.